The van der Waals surface area contributed by atoms with E-state index in [0.29, 0.717) is 0 Å². The Kier molecular flexibility index (Phi) is 3.42. The molecule has 2 aromatic rings. The molecule has 21 heavy (non-hydrogen) atoms. The van der Waals surface area contributed by atoms with Crippen molar-refractivity contribution >= 4 is 11.6 Å². The van der Waals surface area contributed by atoms with Crippen LogP contribution in [-0.4, -0.2) is 9.67 Å². The van der Waals surface area contributed by atoms with Gasteiger partial charge in [0.25, 0.3) is 0 Å². The highest BCUT2D eigenvalue weighted by Crippen LogP contribution is 2.43. The molecular formula is C18H22ClNO. The summed E-state index contributed by atoms with van der Waals surface area (Å²) in [4.78, 5) is 0. The number of fused-ring (bicyclic) bond motifs is 1. The van der Waals surface area contributed by atoms with Crippen molar-refractivity contribution in [1.82, 2.24) is 4.57 Å². The van der Waals surface area contributed by atoms with E-state index in [9.17, 15) is 5.11 Å². The van der Waals surface area contributed by atoms with Crippen LogP contribution in [0.3, 0.4) is 0 Å². The van der Waals surface area contributed by atoms with E-state index in [2.05, 4.69) is 43.5 Å². The number of rotatable bonds is 1. The van der Waals surface area contributed by atoms with Crippen LogP contribution in [0.5, 0.6) is 0 Å². The average Bonchev–Trinajstić information content (AvgIpc) is 2.65. The molecule has 1 atom stereocenters. The van der Waals surface area contributed by atoms with Crippen LogP contribution in [0.1, 0.15) is 48.9 Å². The molecule has 0 fully saturated rings. The Morgan fingerprint density at radius 2 is 1.95 bits per heavy atom. The lowest BCUT2D eigenvalue weighted by atomic mass is 9.75. The first-order valence-electron chi connectivity index (χ1n) is 7.44. The van der Waals surface area contributed by atoms with Gasteiger partial charge in [0, 0.05) is 17.0 Å². The molecule has 3 rings (SSSR count). The summed E-state index contributed by atoms with van der Waals surface area (Å²) < 4.78 is 2.21. The second-order valence-electron chi connectivity index (χ2n) is 7.04. The molecule has 0 bridgehead atoms. The SMILES string of the molecule is Cc1ccc(-n2c(C)cc3c2CC(C)(C)CC3O)c(Cl)c1. The number of hydrogen-bond donors (Lipinski definition) is 1. The minimum Gasteiger partial charge on any atom is -0.388 e. The van der Waals surface area contributed by atoms with Gasteiger partial charge in [-0.25, -0.2) is 0 Å². The van der Waals surface area contributed by atoms with Crippen molar-refractivity contribution in [1.29, 1.82) is 0 Å². The van der Waals surface area contributed by atoms with Crippen molar-refractivity contribution in [2.75, 3.05) is 0 Å². The van der Waals surface area contributed by atoms with Crippen LogP contribution in [0.2, 0.25) is 5.02 Å². The summed E-state index contributed by atoms with van der Waals surface area (Å²) >= 11 is 6.46. The molecule has 1 heterocycles. The van der Waals surface area contributed by atoms with Crippen LogP contribution < -0.4 is 0 Å². The van der Waals surface area contributed by atoms with Gasteiger partial charge in [0.15, 0.2) is 0 Å². The van der Waals surface area contributed by atoms with Crippen molar-refractivity contribution in [3.05, 3.63) is 51.8 Å². The van der Waals surface area contributed by atoms with Gasteiger partial charge in [0.2, 0.25) is 0 Å². The quantitative estimate of drug-likeness (QED) is 0.808. The molecule has 3 heteroatoms. The molecule has 1 N–H and O–H groups in total. The first kappa shape index (κ1) is 14.7. The molecule has 1 unspecified atom stereocenters. The van der Waals surface area contributed by atoms with Gasteiger partial charge in [0.1, 0.15) is 0 Å². The van der Waals surface area contributed by atoms with Crippen LogP contribution in [-0.2, 0) is 6.42 Å². The third kappa shape index (κ3) is 2.51. The van der Waals surface area contributed by atoms with E-state index in [-0.39, 0.29) is 11.5 Å². The van der Waals surface area contributed by atoms with Crippen LogP contribution in [0.15, 0.2) is 24.3 Å². The minimum absolute atomic E-state index is 0.103. The van der Waals surface area contributed by atoms with E-state index >= 15 is 0 Å². The molecular weight excluding hydrogens is 282 g/mol. The molecule has 0 amide bonds. The summed E-state index contributed by atoms with van der Waals surface area (Å²) in [7, 11) is 0. The number of aliphatic hydroxyl groups excluding tert-OH is 1. The van der Waals surface area contributed by atoms with Gasteiger partial charge < -0.3 is 9.67 Å². The van der Waals surface area contributed by atoms with Gasteiger partial charge >= 0.3 is 0 Å². The fourth-order valence-corrected chi connectivity index (χ4v) is 3.79. The summed E-state index contributed by atoms with van der Waals surface area (Å²) in [6, 6.07) is 8.24. The number of aliphatic hydroxyl groups is 1. The van der Waals surface area contributed by atoms with E-state index < -0.39 is 0 Å². The summed E-state index contributed by atoms with van der Waals surface area (Å²) in [6.45, 7) is 8.54. The second kappa shape index (κ2) is 4.89. The van der Waals surface area contributed by atoms with Crippen LogP contribution in [0, 0.1) is 19.3 Å². The summed E-state index contributed by atoms with van der Waals surface area (Å²) in [5.41, 5.74) is 5.65. The van der Waals surface area contributed by atoms with Crippen molar-refractivity contribution in [2.24, 2.45) is 5.41 Å². The zero-order chi connectivity index (χ0) is 15.4. The lowest BCUT2D eigenvalue weighted by Crippen LogP contribution is -2.26. The molecule has 1 aliphatic carbocycles. The van der Waals surface area contributed by atoms with Gasteiger partial charge in [-0.15, -0.1) is 0 Å². The van der Waals surface area contributed by atoms with E-state index in [1.165, 1.54) is 5.69 Å². The highest BCUT2D eigenvalue weighted by atomic mass is 35.5. The van der Waals surface area contributed by atoms with E-state index in [1.54, 1.807) is 0 Å². The Morgan fingerprint density at radius 1 is 1.24 bits per heavy atom. The summed E-state index contributed by atoms with van der Waals surface area (Å²) in [5.74, 6) is 0. The Hall–Kier alpha value is -1.25. The van der Waals surface area contributed by atoms with Crippen molar-refractivity contribution < 1.29 is 5.11 Å². The third-order valence-corrected chi connectivity index (χ3v) is 4.72. The topological polar surface area (TPSA) is 25.2 Å². The van der Waals surface area contributed by atoms with Crippen molar-refractivity contribution in [2.45, 2.75) is 46.6 Å². The normalized spacial score (nSPS) is 20.4. The lowest BCUT2D eigenvalue weighted by Gasteiger charge is -2.34. The zero-order valence-electron chi connectivity index (χ0n) is 13.1. The molecule has 112 valence electrons. The van der Waals surface area contributed by atoms with Crippen molar-refractivity contribution in [3.8, 4) is 5.69 Å². The molecule has 1 aromatic heterocycles. The smallest absolute Gasteiger partial charge is 0.0812 e. The standard InChI is InChI=1S/C18H22ClNO/c1-11-5-6-15(14(19)7-11)20-12(2)8-13-16(20)9-18(3,4)10-17(13)21/h5-8,17,21H,9-10H2,1-4H3. The third-order valence-electron chi connectivity index (χ3n) is 4.42. The molecule has 1 aromatic carbocycles. The maximum atomic E-state index is 10.4. The maximum Gasteiger partial charge on any atom is 0.0812 e. The van der Waals surface area contributed by atoms with E-state index in [0.717, 1.165) is 40.4 Å². The fourth-order valence-electron chi connectivity index (χ4n) is 3.47. The zero-order valence-corrected chi connectivity index (χ0v) is 13.8. The molecule has 0 saturated heterocycles. The number of hydrogen-bond acceptors (Lipinski definition) is 1. The molecule has 0 saturated carbocycles. The van der Waals surface area contributed by atoms with Gasteiger partial charge in [-0.2, -0.15) is 0 Å². The Morgan fingerprint density at radius 3 is 2.62 bits per heavy atom. The first-order chi connectivity index (χ1) is 9.78. The average molecular weight is 304 g/mol. The van der Waals surface area contributed by atoms with Gasteiger partial charge in [-0.1, -0.05) is 31.5 Å². The predicted octanol–water partition coefficient (Wildman–Crippen LogP) is 4.75. The highest BCUT2D eigenvalue weighted by Gasteiger charge is 2.34. The number of aromatic nitrogens is 1. The van der Waals surface area contributed by atoms with Crippen LogP contribution >= 0.6 is 11.6 Å². The first-order valence-corrected chi connectivity index (χ1v) is 7.82. The fraction of sp³-hybridized carbons (Fsp3) is 0.444. The Labute approximate surface area is 131 Å². The molecule has 1 aliphatic rings. The molecule has 2 nitrogen and oxygen atoms in total. The molecule has 0 aliphatic heterocycles. The van der Waals surface area contributed by atoms with Crippen LogP contribution in [0.25, 0.3) is 5.69 Å². The number of aryl methyl sites for hydroxylation is 2. The van der Waals surface area contributed by atoms with Crippen LogP contribution in [0.4, 0.5) is 0 Å². The van der Waals surface area contributed by atoms with Crippen molar-refractivity contribution in [3.63, 3.8) is 0 Å². The highest BCUT2D eigenvalue weighted by molar-refractivity contribution is 6.32. The van der Waals surface area contributed by atoms with E-state index in [1.807, 2.05) is 13.0 Å². The maximum absolute atomic E-state index is 10.4. The monoisotopic (exact) mass is 303 g/mol. The predicted molar refractivity (Wildman–Crippen MR) is 87.3 cm³/mol. The number of halogens is 1. The molecule has 0 radical (unpaired) electrons. The second-order valence-corrected chi connectivity index (χ2v) is 7.45. The van der Waals surface area contributed by atoms with Gasteiger partial charge in [0.05, 0.1) is 16.8 Å². The largest absolute Gasteiger partial charge is 0.388 e. The molecule has 0 spiro atoms. The Balaban J connectivity index is 2.21. The minimum atomic E-state index is -0.382. The lowest BCUT2D eigenvalue weighted by molar-refractivity contribution is 0.0987. The summed E-state index contributed by atoms with van der Waals surface area (Å²) in [5, 5.41) is 11.2. The Bertz CT molecular complexity index is 699. The number of nitrogens with zero attached hydrogens (tertiary/aromatic N) is 1. The number of benzene rings is 1. The van der Waals surface area contributed by atoms with Gasteiger partial charge in [-0.05, 0) is 55.9 Å². The summed E-state index contributed by atoms with van der Waals surface area (Å²) in [6.07, 6.45) is 1.38. The van der Waals surface area contributed by atoms with Gasteiger partial charge in [-0.3, -0.25) is 0 Å². The van der Waals surface area contributed by atoms with E-state index in [4.69, 9.17) is 11.6 Å².